The summed E-state index contributed by atoms with van der Waals surface area (Å²) >= 11 is 0. The first-order valence-corrected chi connectivity index (χ1v) is 5.35. The Morgan fingerprint density at radius 3 is 2.19 bits per heavy atom. The Balaban J connectivity index is 2.58. The fourth-order valence-corrected chi connectivity index (χ4v) is 1.33. The molecule has 0 atom stereocenters. The Labute approximate surface area is 93.8 Å². The van der Waals surface area contributed by atoms with Crippen molar-refractivity contribution in [2.24, 2.45) is 0 Å². The van der Waals surface area contributed by atoms with Gasteiger partial charge in [-0.3, -0.25) is 0 Å². The van der Waals surface area contributed by atoms with Crippen molar-refractivity contribution >= 4 is 0 Å². The quantitative estimate of drug-likeness (QED) is 0.660. The Morgan fingerprint density at radius 1 is 1.06 bits per heavy atom. The summed E-state index contributed by atoms with van der Waals surface area (Å²) in [5.74, 6) is 0. The van der Waals surface area contributed by atoms with Crippen molar-refractivity contribution < 1.29 is 13.2 Å². The lowest BCUT2D eigenvalue weighted by molar-refractivity contribution is -0.137. The van der Waals surface area contributed by atoms with Crippen LogP contribution in [0.4, 0.5) is 13.2 Å². The molecule has 0 aliphatic carbocycles. The minimum atomic E-state index is -4.24. The second-order valence-corrected chi connectivity index (χ2v) is 3.66. The van der Waals surface area contributed by atoms with Gasteiger partial charge in [-0.2, -0.15) is 13.2 Å². The smallest absolute Gasteiger partial charge is 0.166 e. The van der Waals surface area contributed by atoms with E-state index in [0.29, 0.717) is 6.42 Å². The van der Waals surface area contributed by atoms with E-state index in [1.165, 1.54) is 12.1 Å². The van der Waals surface area contributed by atoms with Crippen molar-refractivity contribution in [1.82, 2.24) is 0 Å². The van der Waals surface area contributed by atoms with Crippen LogP contribution in [0.25, 0.3) is 0 Å². The van der Waals surface area contributed by atoms with E-state index in [0.717, 1.165) is 30.5 Å². The van der Waals surface area contributed by atoms with Crippen LogP contribution in [0.3, 0.4) is 0 Å². The highest BCUT2D eigenvalue weighted by atomic mass is 19.4. The lowest BCUT2D eigenvalue weighted by Gasteiger charge is -2.06. The van der Waals surface area contributed by atoms with Gasteiger partial charge in [0.1, 0.15) is 0 Å². The van der Waals surface area contributed by atoms with E-state index in [1.54, 1.807) is 0 Å². The third-order valence-electron chi connectivity index (χ3n) is 2.26. The number of hydrogen-bond acceptors (Lipinski definition) is 0. The van der Waals surface area contributed by atoms with Gasteiger partial charge in [0, 0.05) is 0 Å². The Bertz CT molecular complexity index is 333. The van der Waals surface area contributed by atoms with Gasteiger partial charge >= 0.3 is 6.18 Å². The largest absolute Gasteiger partial charge is 0.416 e. The molecule has 0 radical (unpaired) electrons. The zero-order valence-electron chi connectivity index (χ0n) is 9.22. The molecule has 0 N–H and O–H groups in total. The Kier molecular flexibility index (Phi) is 4.59. The van der Waals surface area contributed by atoms with Crippen molar-refractivity contribution in [3.63, 3.8) is 0 Å². The number of benzene rings is 1. The SMILES string of the molecule is CCCC=CCc1ccc(C(F)(F)F)cc1. The first-order chi connectivity index (χ1) is 7.54. The summed E-state index contributed by atoms with van der Waals surface area (Å²) in [7, 11) is 0. The molecule has 0 spiro atoms. The third kappa shape index (κ3) is 4.09. The molecule has 0 unspecified atom stereocenters. The maximum Gasteiger partial charge on any atom is 0.416 e. The van der Waals surface area contributed by atoms with Crippen molar-refractivity contribution in [2.45, 2.75) is 32.4 Å². The second-order valence-electron chi connectivity index (χ2n) is 3.66. The predicted molar refractivity (Wildman–Crippen MR) is 59.2 cm³/mol. The van der Waals surface area contributed by atoms with Crippen LogP contribution in [0.1, 0.15) is 30.9 Å². The Morgan fingerprint density at radius 2 is 1.69 bits per heavy atom. The van der Waals surface area contributed by atoms with Gasteiger partial charge in [-0.05, 0) is 30.5 Å². The van der Waals surface area contributed by atoms with Crippen LogP contribution < -0.4 is 0 Å². The van der Waals surface area contributed by atoms with Crippen molar-refractivity contribution in [2.75, 3.05) is 0 Å². The molecule has 0 aliphatic rings. The van der Waals surface area contributed by atoms with E-state index in [4.69, 9.17) is 0 Å². The van der Waals surface area contributed by atoms with Gasteiger partial charge in [0.25, 0.3) is 0 Å². The van der Waals surface area contributed by atoms with Crippen molar-refractivity contribution in [3.05, 3.63) is 47.5 Å². The number of halogens is 3. The van der Waals surface area contributed by atoms with Crippen LogP contribution in [0, 0.1) is 0 Å². The highest BCUT2D eigenvalue weighted by Gasteiger charge is 2.29. The minimum absolute atomic E-state index is 0.589. The van der Waals surface area contributed by atoms with Crippen LogP contribution in [-0.2, 0) is 12.6 Å². The first-order valence-electron chi connectivity index (χ1n) is 5.35. The highest BCUT2D eigenvalue weighted by Crippen LogP contribution is 2.29. The van der Waals surface area contributed by atoms with Crippen molar-refractivity contribution in [1.29, 1.82) is 0 Å². The minimum Gasteiger partial charge on any atom is -0.166 e. The molecule has 1 rings (SSSR count). The molecule has 3 heteroatoms. The molecular weight excluding hydrogens is 213 g/mol. The summed E-state index contributed by atoms with van der Waals surface area (Å²) in [6.07, 6.45) is 2.60. The van der Waals surface area contributed by atoms with Gasteiger partial charge < -0.3 is 0 Å². The standard InChI is InChI=1S/C13H15F3/c1-2-3-4-5-6-11-7-9-12(10-8-11)13(14,15)16/h4-5,7-10H,2-3,6H2,1H3. The summed E-state index contributed by atoms with van der Waals surface area (Å²) in [4.78, 5) is 0. The van der Waals surface area contributed by atoms with Gasteiger partial charge in [-0.25, -0.2) is 0 Å². The number of hydrogen-bond donors (Lipinski definition) is 0. The van der Waals surface area contributed by atoms with E-state index in [-0.39, 0.29) is 0 Å². The highest BCUT2D eigenvalue weighted by molar-refractivity contribution is 5.25. The molecule has 16 heavy (non-hydrogen) atoms. The van der Waals surface area contributed by atoms with E-state index in [1.807, 2.05) is 6.08 Å². The molecule has 0 saturated carbocycles. The molecule has 0 amide bonds. The maximum absolute atomic E-state index is 12.3. The average molecular weight is 228 g/mol. The molecule has 1 aromatic carbocycles. The normalized spacial score (nSPS) is 12.2. The van der Waals surface area contributed by atoms with Crippen LogP contribution >= 0.6 is 0 Å². The Hall–Kier alpha value is -1.25. The zero-order valence-corrected chi connectivity index (χ0v) is 9.22. The summed E-state index contributed by atoms with van der Waals surface area (Å²) in [6, 6.07) is 5.31. The molecule has 0 nitrogen and oxygen atoms in total. The van der Waals surface area contributed by atoms with Gasteiger partial charge in [0.05, 0.1) is 5.56 Å². The zero-order chi connectivity index (χ0) is 12.0. The maximum atomic E-state index is 12.3. The molecule has 0 fully saturated rings. The van der Waals surface area contributed by atoms with Crippen LogP contribution in [0.2, 0.25) is 0 Å². The number of allylic oxidation sites excluding steroid dienone is 2. The molecule has 0 aromatic heterocycles. The van der Waals surface area contributed by atoms with Gasteiger partial charge in [-0.1, -0.05) is 37.6 Å². The van der Waals surface area contributed by atoms with E-state index < -0.39 is 11.7 Å². The molecule has 88 valence electrons. The van der Waals surface area contributed by atoms with E-state index in [2.05, 4.69) is 13.0 Å². The predicted octanol–water partition coefficient (Wildman–Crippen LogP) is 4.60. The second kappa shape index (κ2) is 5.73. The molecular formula is C13H15F3. The summed E-state index contributed by atoms with van der Waals surface area (Å²) in [5, 5.41) is 0. The van der Waals surface area contributed by atoms with Crippen LogP contribution in [0.5, 0.6) is 0 Å². The first kappa shape index (κ1) is 12.8. The molecule has 0 saturated heterocycles. The fourth-order valence-electron chi connectivity index (χ4n) is 1.33. The monoisotopic (exact) mass is 228 g/mol. The molecule has 0 bridgehead atoms. The van der Waals surface area contributed by atoms with Crippen LogP contribution in [0.15, 0.2) is 36.4 Å². The summed E-state index contributed by atoms with van der Waals surface area (Å²) < 4.78 is 36.8. The number of rotatable bonds is 4. The topological polar surface area (TPSA) is 0 Å². The average Bonchev–Trinajstić information content (AvgIpc) is 2.24. The van der Waals surface area contributed by atoms with Gasteiger partial charge in [-0.15, -0.1) is 0 Å². The van der Waals surface area contributed by atoms with Gasteiger partial charge in [0.15, 0.2) is 0 Å². The molecule has 1 aromatic rings. The van der Waals surface area contributed by atoms with E-state index in [9.17, 15) is 13.2 Å². The van der Waals surface area contributed by atoms with E-state index >= 15 is 0 Å². The molecule has 0 heterocycles. The lowest BCUT2D eigenvalue weighted by atomic mass is 10.1. The number of unbranched alkanes of at least 4 members (excludes halogenated alkanes) is 1. The third-order valence-corrected chi connectivity index (χ3v) is 2.26. The fraction of sp³-hybridized carbons (Fsp3) is 0.385. The van der Waals surface area contributed by atoms with Crippen LogP contribution in [-0.4, -0.2) is 0 Å². The summed E-state index contributed by atoms with van der Waals surface area (Å²) in [6.45, 7) is 2.09. The van der Waals surface area contributed by atoms with Gasteiger partial charge in [0.2, 0.25) is 0 Å². The van der Waals surface area contributed by atoms with Crippen molar-refractivity contribution in [3.8, 4) is 0 Å². The molecule has 0 aliphatic heterocycles. The number of alkyl halides is 3. The summed E-state index contributed by atoms with van der Waals surface area (Å²) in [5.41, 5.74) is 0.314. The lowest BCUT2D eigenvalue weighted by Crippen LogP contribution is -2.04.